The Labute approximate surface area is 147 Å². The van der Waals surface area contributed by atoms with E-state index in [9.17, 15) is 4.79 Å². The Morgan fingerprint density at radius 2 is 2.00 bits per heavy atom. The van der Waals surface area contributed by atoms with Crippen molar-refractivity contribution in [1.29, 1.82) is 0 Å². The predicted molar refractivity (Wildman–Crippen MR) is 99.1 cm³/mol. The lowest BCUT2D eigenvalue weighted by Gasteiger charge is -2.42. The summed E-state index contributed by atoms with van der Waals surface area (Å²) >= 11 is 0. The van der Waals surface area contributed by atoms with Crippen molar-refractivity contribution in [2.45, 2.75) is 77.4 Å². The summed E-state index contributed by atoms with van der Waals surface area (Å²) in [4.78, 5) is 14.4. The molecule has 0 N–H and O–H groups in total. The van der Waals surface area contributed by atoms with Gasteiger partial charge in [-0.25, -0.2) is 0 Å². The molecule has 1 saturated heterocycles. The van der Waals surface area contributed by atoms with Crippen LogP contribution in [0, 0.1) is 0 Å². The van der Waals surface area contributed by atoms with Crippen LogP contribution >= 0.6 is 0 Å². The van der Waals surface area contributed by atoms with Crippen LogP contribution in [0.5, 0.6) is 0 Å². The van der Waals surface area contributed by atoms with Gasteiger partial charge in [-0.05, 0) is 50.5 Å². The van der Waals surface area contributed by atoms with E-state index >= 15 is 0 Å². The van der Waals surface area contributed by atoms with Gasteiger partial charge in [-0.2, -0.15) is 0 Å². The molecule has 1 aliphatic rings. The Kier molecular flexibility index (Phi) is 6.08. The first-order valence-corrected chi connectivity index (χ1v) is 9.24. The molecule has 0 radical (unpaired) electrons. The molecule has 2 rings (SSSR count). The van der Waals surface area contributed by atoms with E-state index in [0.717, 1.165) is 38.8 Å². The average Bonchev–Trinajstić information content (AvgIpc) is 2.54. The summed E-state index contributed by atoms with van der Waals surface area (Å²) in [5.74, 6) is 0.184. The van der Waals surface area contributed by atoms with E-state index in [4.69, 9.17) is 4.74 Å². The van der Waals surface area contributed by atoms with Crippen LogP contribution in [-0.4, -0.2) is 35.6 Å². The van der Waals surface area contributed by atoms with Crippen molar-refractivity contribution < 1.29 is 9.53 Å². The van der Waals surface area contributed by atoms with Gasteiger partial charge >= 0.3 is 0 Å². The molecule has 1 amide bonds. The van der Waals surface area contributed by atoms with E-state index in [-0.39, 0.29) is 16.9 Å². The van der Waals surface area contributed by atoms with E-state index in [2.05, 4.69) is 62.9 Å². The summed E-state index contributed by atoms with van der Waals surface area (Å²) < 4.78 is 5.82. The summed E-state index contributed by atoms with van der Waals surface area (Å²) in [7, 11) is 0. The summed E-state index contributed by atoms with van der Waals surface area (Å²) in [6, 6.07) is 11.0. The smallest absolute Gasteiger partial charge is 0.219 e. The van der Waals surface area contributed by atoms with Gasteiger partial charge in [0.15, 0.2) is 0 Å². The lowest BCUT2D eigenvalue weighted by atomic mass is 9.77. The van der Waals surface area contributed by atoms with Gasteiger partial charge in [0, 0.05) is 26.1 Å². The maximum Gasteiger partial charge on any atom is 0.219 e. The van der Waals surface area contributed by atoms with Gasteiger partial charge in [-0.15, -0.1) is 0 Å². The molecule has 0 unspecified atom stereocenters. The lowest BCUT2D eigenvalue weighted by molar-refractivity contribution is -0.138. The van der Waals surface area contributed by atoms with Crippen molar-refractivity contribution >= 4 is 5.91 Å². The fraction of sp³-hybridized carbons (Fsp3) is 0.667. The normalized spacial score (nSPS) is 22.6. The minimum atomic E-state index is -0.135. The van der Waals surface area contributed by atoms with Crippen molar-refractivity contribution in [3.63, 3.8) is 0 Å². The first-order chi connectivity index (χ1) is 11.3. The van der Waals surface area contributed by atoms with Gasteiger partial charge in [0.1, 0.15) is 0 Å². The number of hydrogen-bond acceptors (Lipinski definition) is 2. The summed E-state index contributed by atoms with van der Waals surface area (Å²) in [6.07, 6.45) is 3.92. The van der Waals surface area contributed by atoms with Gasteiger partial charge < -0.3 is 9.64 Å². The molecular weight excluding hydrogens is 298 g/mol. The number of hydrogen-bond donors (Lipinski definition) is 0. The maximum absolute atomic E-state index is 12.3. The fourth-order valence-electron chi connectivity index (χ4n) is 3.80. The SMILES string of the molecule is CC[C@@](C)(CCN(C(C)=O)[C@H]1CCOC(C)(C)C1)c1ccccc1. The number of nitrogens with zero attached hydrogens (tertiary/aromatic N) is 1. The number of amides is 1. The lowest BCUT2D eigenvalue weighted by Crippen LogP contribution is -2.49. The highest BCUT2D eigenvalue weighted by Gasteiger charge is 2.34. The number of carbonyl (C=O) groups is 1. The number of carbonyl (C=O) groups excluding carboxylic acids is 1. The van der Waals surface area contributed by atoms with Crippen LogP contribution in [0.2, 0.25) is 0 Å². The van der Waals surface area contributed by atoms with Gasteiger partial charge in [0.2, 0.25) is 5.91 Å². The van der Waals surface area contributed by atoms with Gasteiger partial charge in [0.05, 0.1) is 5.60 Å². The Hall–Kier alpha value is -1.35. The van der Waals surface area contributed by atoms with Crippen LogP contribution in [0.4, 0.5) is 0 Å². The van der Waals surface area contributed by atoms with Crippen molar-refractivity contribution in [2.24, 2.45) is 0 Å². The molecule has 1 aromatic rings. The number of benzene rings is 1. The second-order valence-electron chi connectivity index (χ2n) is 8.00. The molecular formula is C21H33NO2. The highest BCUT2D eigenvalue weighted by Crippen LogP contribution is 2.33. The second kappa shape index (κ2) is 7.69. The fourth-order valence-corrected chi connectivity index (χ4v) is 3.80. The van der Waals surface area contributed by atoms with Crippen molar-refractivity contribution in [1.82, 2.24) is 4.90 Å². The average molecular weight is 332 g/mol. The topological polar surface area (TPSA) is 29.5 Å². The quantitative estimate of drug-likeness (QED) is 0.765. The molecule has 0 saturated carbocycles. The van der Waals surface area contributed by atoms with E-state index in [1.54, 1.807) is 6.92 Å². The monoisotopic (exact) mass is 331 g/mol. The molecule has 2 atom stereocenters. The van der Waals surface area contributed by atoms with Crippen LogP contribution in [-0.2, 0) is 14.9 Å². The van der Waals surface area contributed by atoms with Crippen molar-refractivity contribution in [2.75, 3.05) is 13.2 Å². The molecule has 24 heavy (non-hydrogen) atoms. The van der Waals surface area contributed by atoms with Crippen molar-refractivity contribution in [3.8, 4) is 0 Å². The molecule has 0 bridgehead atoms. The predicted octanol–water partition coefficient (Wildman–Crippen LogP) is 4.55. The minimum absolute atomic E-state index is 0.107. The Balaban J connectivity index is 2.09. The molecule has 1 aliphatic heterocycles. The largest absolute Gasteiger partial charge is 0.375 e. The highest BCUT2D eigenvalue weighted by atomic mass is 16.5. The number of ether oxygens (including phenoxy) is 1. The Morgan fingerprint density at radius 1 is 1.33 bits per heavy atom. The summed E-state index contributed by atoms with van der Waals surface area (Å²) in [5, 5.41) is 0. The molecule has 1 fully saturated rings. The summed E-state index contributed by atoms with van der Waals surface area (Å²) in [6.45, 7) is 12.1. The third kappa shape index (κ3) is 4.60. The van der Waals surface area contributed by atoms with Gasteiger partial charge in [0.25, 0.3) is 0 Å². The molecule has 134 valence electrons. The van der Waals surface area contributed by atoms with Crippen LogP contribution in [0.25, 0.3) is 0 Å². The van der Waals surface area contributed by atoms with Crippen LogP contribution in [0.3, 0.4) is 0 Å². The molecule has 1 aromatic carbocycles. The molecule has 3 nitrogen and oxygen atoms in total. The Bertz CT molecular complexity index is 540. The molecule has 0 aliphatic carbocycles. The molecule has 0 spiro atoms. The van der Waals surface area contributed by atoms with E-state index in [1.807, 2.05) is 0 Å². The minimum Gasteiger partial charge on any atom is -0.375 e. The highest BCUT2D eigenvalue weighted by molar-refractivity contribution is 5.73. The van der Waals surface area contributed by atoms with Crippen LogP contribution < -0.4 is 0 Å². The third-order valence-electron chi connectivity index (χ3n) is 5.67. The second-order valence-corrected chi connectivity index (χ2v) is 8.00. The Morgan fingerprint density at radius 3 is 2.54 bits per heavy atom. The molecule has 3 heteroatoms. The van der Waals surface area contributed by atoms with E-state index < -0.39 is 0 Å². The maximum atomic E-state index is 12.3. The van der Waals surface area contributed by atoms with Crippen molar-refractivity contribution in [3.05, 3.63) is 35.9 Å². The van der Waals surface area contributed by atoms with Crippen LogP contribution in [0.1, 0.15) is 65.9 Å². The first kappa shape index (κ1) is 19.0. The van der Waals surface area contributed by atoms with Crippen LogP contribution in [0.15, 0.2) is 30.3 Å². The van der Waals surface area contributed by atoms with E-state index in [0.29, 0.717) is 6.04 Å². The zero-order chi connectivity index (χ0) is 17.8. The zero-order valence-electron chi connectivity index (χ0n) is 16.0. The van der Waals surface area contributed by atoms with Gasteiger partial charge in [-0.1, -0.05) is 44.2 Å². The molecule has 1 heterocycles. The molecule has 0 aromatic heterocycles. The van der Waals surface area contributed by atoms with Gasteiger partial charge in [-0.3, -0.25) is 4.79 Å². The van der Waals surface area contributed by atoms with E-state index in [1.165, 1.54) is 5.56 Å². The third-order valence-corrected chi connectivity index (χ3v) is 5.67. The zero-order valence-corrected chi connectivity index (χ0v) is 16.0. The first-order valence-electron chi connectivity index (χ1n) is 9.24. The number of rotatable bonds is 6. The summed E-state index contributed by atoms with van der Waals surface area (Å²) in [5.41, 5.74) is 1.34. The standard InChI is InChI=1S/C21H33NO2/c1-6-21(5,18-10-8-7-9-11-18)13-14-22(17(2)23)19-12-15-24-20(3,4)16-19/h7-11,19H,6,12-16H2,1-5H3/t19-,21-/m0/s1.